The van der Waals surface area contributed by atoms with Gasteiger partial charge in [0.15, 0.2) is 5.78 Å². The first kappa shape index (κ1) is 16.4. The SMILES string of the molecule is CCC(C)c1c(C(C)=O)cccc1C(=O)[O-].[Na+]. The first-order valence-corrected chi connectivity index (χ1v) is 5.34. The molecule has 0 aliphatic carbocycles. The van der Waals surface area contributed by atoms with E-state index < -0.39 is 5.97 Å². The molecule has 0 fully saturated rings. The third-order valence-electron chi connectivity index (χ3n) is 2.81. The Bertz CT molecular complexity index is 394. The van der Waals surface area contributed by atoms with E-state index >= 15 is 0 Å². The first-order valence-electron chi connectivity index (χ1n) is 5.34. The maximum Gasteiger partial charge on any atom is 1.00 e. The molecule has 1 atom stereocenters. The van der Waals surface area contributed by atoms with Gasteiger partial charge in [0.25, 0.3) is 0 Å². The Kier molecular flexibility index (Phi) is 6.68. The smallest absolute Gasteiger partial charge is 0.545 e. The summed E-state index contributed by atoms with van der Waals surface area (Å²) in [6.45, 7) is 5.31. The van der Waals surface area contributed by atoms with Crippen LogP contribution in [-0.4, -0.2) is 11.8 Å². The molecule has 0 radical (unpaired) electrons. The Morgan fingerprint density at radius 1 is 1.29 bits per heavy atom. The molecule has 1 aromatic carbocycles. The predicted molar refractivity (Wildman–Crippen MR) is 59.5 cm³/mol. The topological polar surface area (TPSA) is 57.2 Å². The predicted octanol–water partition coefficient (Wildman–Crippen LogP) is -1.23. The molecule has 0 heterocycles. The van der Waals surface area contributed by atoms with Gasteiger partial charge in [0.1, 0.15) is 0 Å². The number of benzene rings is 1. The van der Waals surface area contributed by atoms with Gasteiger partial charge in [-0.15, -0.1) is 0 Å². The van der Waals surface area contributed by atoms with Crippen LogP contribution in [0.25, 0.3) is 0 Å². The van der Waals surface area contributed by atoms with Crippen molar-refractivity contribution >= 4 is 11.8 Å². The summed E-state index contributed by atoms with van der Waals surface area (Å²) in [5.74, 6) is -1.30. The van der Waals surface area contributed by atoms with Crippen molar-refractivity contribution in [2.24, 2.45) is 0 Å². The first-order chi connectivity index (χ1) is 7.49. The number of hydrogen-bond donors (Lipinski definition) is 0. The quantitative estimate of drug-likeness (QED) is 0.491. The van der Waals surface area contributed by atoms with Crippen molar-refractivity contribution in [2.75, 3.05) is 0 Å². The van der Waals surface area contributed by atoms with Crippen LogP contribution in [0.3, 0.4) is 0 Å². The fraction of sp³-hybridized carbons (Fsp3) is 0.385. The van der Waals surface area contributed by atoms with Crippen LogP contribution in [0.15, 0.2) is 18.2 Å². The summed E-state index contributed by atoms with van der Waals surface area (Å²) in [4.78, 5) is 22.4. The Hall–Kier alpha value is -0.640. The number of hydrogen-bond acceptors (Lipinski definition) is 3. The fourth-order valence-electron chi connectivity index (χ4n) is 1.79. The van der Waals surface area contributed by atoms with Gasteiger partial charge in [0, 0.05) is 11.1 Å². The molecule has 0 saturated carbocycles. The third kappa shape index (κ3) is 3.66. The number of Topliss-reactive ketones (excluding diaryl/α,β-unsaturated/α-hetero) is 1. The van der Waals surface area contributed by atoms with Gasteiger partial charge in [-0.2, -0.15) is 0 Å². The maximum absolute atomic E-state index is 11.4. The molecular weight excluding hydrogens is 227 g/mol. The summed E-state index contributed by atoms with van der Waals surface area (Å²) < 4.78 is 0. The zero-order chi connectivity index (χ0) is 12.3. The Morgan fingerprint density at radius 2 is 1.82 bits per heavy atom. The van der Waals surface area contributed by atoms with Crippen LogP contribution in [0.4, 0.5) is 0 Å². The van der Waals surface area contributed by atoms with Gasteiger partial charge >= 0.3 is 29.6 Å². The van der Waals surface area contributed by atoms with E-state index in [0.717, 1.165) is 6.42 Å². The van der Waals surface area contributed by atoms with Gasteiger partial charge in [-0.25, -0.2) is 0 Å². The molecule has 0 aliphatic heterocycles. The number of carboxylic acid groups (broad SMARTS) is 1. The van der Waals surface area contributed by atoms with E-state index in [-0.39, 0.29) is 46.8 Å². The number of carbonyl (C=O) groups is 2. The molecule has 0 saturated heterocycles. The maximum atomic E-state index is 11.4. The molecule has 0 N–H and O–H groups in total. The van der Waals surface area contributed by atoms with Crippen LogP contribution in [0.1, 0.15) is 59.4 Å². The van der Waals surface area contributed by atoms with Crippen molar-refractivity contribution in [1.82, 2.24) is 0 Å². The van der Waals surface area contributed by atoms with E-state index in [1.54, 1.807) is 12.1 Å². The van der Waals surface area contributed by atoms with Gasteiger partial charge in [-0.05, 0) is 24.8 Å². The zero-order valence-electron chi connectivity index (χ0n) is 10.7. The number of aromatic carboxylic acids is 1. The minimum Gasteiger partial charge on any atom is -0.545 e. The summed E-state index contributed by atoms with van der Waals surface area (Å²) in [5, 5.41) is 11.0. The molecule has 3 nitrogen and oxygen atoms in total. The van der Waals surface area contributed by atoms with E-state index in [0.29, 0.717) is 11.1 Å². The molecule has 17 heavy (non-hydrogen) atoms. The fourth-order valence-corrected chi connectivity index (χ4v) is 1.79. The molecule has 0 bridgehead atoms. The number of carbonyl (C=O) groups excluding carboxylic acids is 2. The summed E-state index contributed by atoms with van der Waals surface area (Å²) in [5.41, 5.74) is 1.20. The average Bonchev–Trinajstić information content (AvgIpc) is 2.26. The van der Waals surface area contributed by atoms with Crippen LogP contribution in [0.5, 0.6) is 0 Å². The standard InChI is InChI=1S/C13H16O3.Na/c1-4-8(2)12-10(9(3)14)6-5-7-11(12)13(15)16;/h5-8H,4H2,1-3H3,(H,15,16);/q;+1/p-1. The van der Waals surface area contributed by atoms with E-state index in [9.17, 15) is 14.7 Å². The molecule has 0 aliphatic rings. The van der Waals surface area contributed by atoms with E-state index in [2.05, 4.69) is 0 Å². The molecule has 86 valence electrons. The molecule has 1 unspecified atom stereocenters. The Labute approximate surface area is 124 Å². The number of ketones is 1. The van der Waals surface area contributed by atoms with Crippen molar-refractivity contribution in [3.05, 3.63) is 34.9 Å². The Morgan fingerprint density at radius 3 is 2.24 bits per heavy atom. The van der Waals surface area contributed by atoms with Crippen molar-refractivity contribution < 1.29 is 44.3 Å². The zero-order valence-corrected chi connectivity index (χ0v) is 12.7. The summed E-state index contributed by atoms with van der Waals surface area (Å²) in [6, 6.07) is 4.73. The summed E-state index contributed by atoms with van der Waals surface area (Å²) >= 11 is 0. The normalized spacial score (nSPS) is 11.5. The van der Waals surface area contributed by atoms with Gasteiger partial charge in [0.2, 0.25) is 0 Å². The molecule has 1 rings (SSSR count). The minimum atomic E-state index is -1.22. The van der Waals surface area contributed by atoms with Crippen LogP contribution >= 0.6 is 0 Å². The average molecular weight is 242 g/mol. The molecule has 0 amide bonds. The van der Waals surface area contributed by atoms with Crippen molar-refractivity contribution in [3.63, 3.8) is 0 Å². The number of rotatable bonds is 4. The molecular formula is C13H15NaO3. The second kappa shape index (κ2) is 6.94. The Balaban J connectivity index is 0.00000256. The van der Waals surface area contributed by atoms with E-state index in [1.807, 2.05) is 13.8 Å². The van der Waals surface area contributed by atoms with E-state index in [4.69, 9.17) is 0 Å². The molecule has 1 aromatic rings. The van der Waals surface area contributed by atoms with Crippen molar-refractivity contribution in [3.8, 4) is 0 Å². The van der Waals surface area contributed by atoms with Crippen molar-refractivity contribution in [2.45, 2.75) is 33.1 Å². The van der Waals surface area contributed by atoms with Crippen LogP contribution in [0.2, 0.25) is 0 Å². The molecule has 4 heteroatoms. The van der Waals surface area contributed by atoms with Gasteiger partial charge in [-0.1, -0.05) is 32.0 Å². The monoisotopic (exact) mass is 242 g/mol. The molecule has 0 spiro atoms. The second-order valence-corrected chi connectivity index (χ2v) is 3.92. The summed E-state index contributed by atoms with van der Waals surface area (Å²) in [7, 11) is 0. The summed E-state index contributed by atoms with van der Waals surface area (Å²) in [6.07, 6.45) is 0.782. The second-order valence-electron chi connectivity index (χ2n) is 3.92. The van der Waals surface area contributed by atoms with Crippen molar-refractivity contribution in [1.29, 1.82) is 0 Å². The van der Waals surface area contributed by atoms with Crippen LogP contribution < -0.4 is 34.7 Å². The largest absolute Gasteiger partial charge is 1.00 e. The van der Waals surface area contributed by atoms with E-state index in [1.165, 1.54) is 13.0 Å². The van der Waals surface area contributed by atoms with Crippen LogP contribution in [-0.2, 0) is 0 Å². The van der Waals surface area contributed by atoms with Gasteiger partial charge in [0.05, 0.1) is 5.97 Å². The third-order valence-corrected chi connectivity index (χ3v) is 2.81. The number of carboxylic acids is 1. The van der Waals surface area contributed by atoms with Crippen LogP contribution in [0, 0.1) is 0 Å². The minimum absolute atomic E-state index is 0. The van der Waals surface area contributed by atoms with Gasteiger partial charge in [-0.3, -0.25) is 4.79 Å². The molecule has 0 aromatic heterocycles. The van der Waals surface area contributed by atoms with Gasteiger partial charge < -0.3 is 9.90 Å².